The van der Waals surface area contributed by atoms with Gasteiger partial charge in [-0.25, -0.2) is 0 Å². The molecule has 19 heavy (non-hydrogen) atoms. The summed E-state index contributed by atoms with van der Waals surface area (Å²) in [7, 11) is 0. The molecular weight excluding hydrogens is 275 g/mol. The summed E-state index contributed by atoms with van der Waals surface area (Å²) < 4.78 is 0. The maximum absolute atomic E-state index is 6.65. The largest absolute Gasteiger partial charge is 0.113 e. The number of alkyl halides is 1. The van der Waals surface area contributed by atoms with Crippen LogP contribution >= 0.6 is 23.2 Å². The normalized spacial score (nSPS) is 13.3. The minimum atomic E-state index is -0.146. The Morgan fingerprint density at radius 2 is 1.47 bits per heavy atom. The first kappa shape index (κ1) is 14.4. The molecule has 2 rings (SSSR count). The van der Waals surface area contributed by atoms with Crippen LogP contribution in [0.5, 0.6) is 0 Å². The predicted octanol–water partition coefficient (Wildman–Crippen LogP) is 5.97. The van der Waals surface area contributed by atoms with E-state index in [1.807, 2.05) is 30.3 Å². The van der Waals surface area contributed by atoms with E-state index < -0.39 is 0 Å². The monoisotopic (exact) mass is 292 g/mol. The number of benzene rings is 2. The van der Waals surface area contributed by atoms with Crippen molar-refractivity contribution in [2.24, 2.45) is 0 Å². The maximum Gasteiger partial charge on any atom is 0.0838 e. The molecule has 2 aromatic carbocycles. The SMILES string of the molecule is CC(C)(C)c1ccccc1C(Cl)c1ccc(Cl)cc1. The van der Waals surface area contributed by atoms with Gasteiger partial charge >= 0.3 is 0 Å². The number of hydrogen-bond acceptors (Lipinski definition) is 0. The highest BCUT2D eigenvalue weighted by molar-refractivity contribution is 6.30. The minimum Gasteiger partial charge on any atom is -0.113 e. The van der Waals surface area contributed by atoms with Crippen LogP contribution in [0.25, 0.3) is 0 Å². The summed E-state index contributed by atoms with van der Waals surface area (Å²) in [4.78, 5) is 0. The van der Waals surface area contributed by atoms with Crippen molar-refractivity contribution < 1.29 is 0 Å². The fraction of sp³-hybridized carbons (Fsp3) is 0.294. The molecule has 1 atom stereocenters. The standard InChI is InChI=1S/C17H18Cl2/c1-17(2,3)15-7-5-4-6-14(15)16(19)12-8-10-13(18)11-9-12/h4-11,16H,1-3H3. The number of rotatable bonds is 2. The van der Waals surface area contributed by atoms with Gasteiger partial charge in [0.1, 0.15) is 0 Å². The highest BCUT2D eigenvalue weighted by atomic mass is 35.5. The first-order valence-corrected chi connectivity index (χ1v) is 7.20. The second-order valence-corrected chi connectivity index (χ2v) is 6.62. The molecule has 0 fully saturated rings. The van der Waals surface area contributed by atoms with Gasteiger partial charge in [-0.3, -0.25) is 0 Å². The molecule has 1 unspecified atom stereocenters. The van der Waals surface area contributed by atoms with Crippen LogP contribution in [0.3, 0.4) is 0 Å². The Labute approximate surface area is 125 Å². The third kappa shape index (κ3) is 3.32. The van der Waals surface area contributed by atoms with E-state index >= 15 is 0 Å². The molecule has 0 aromatic heterocycles. The fourth-order valence-corrected chi connectivity index (χ4v) is 2.67. The van der Waals surface area contributed by atoms with Crippen molar-refractivity contribution in [3.63, 3.8) is 0 Å². The second kappa shape index (κ2) is 5.56. The number of hydrogen-bond donors (Lipinski definition) is 0. The molecule has 0 nitrogen and oxygen atoms in total. The maximum atomic E-state index is 6.65. The van der Waals surface area contributed by atoms with E-state index in [1.165, 1.54) is 11.1 Å². The molecule has 0 heterocycles. The molecule has 0 N–H and O–H groups in total. The lowest BCUT2D eigenvalue weighted by Crippen LogP contribution is -2.15. The zero-order chi connectivity index (χ0) is 14.0. The number of halogens is 2. The Hall–Kier alpha value is -0.980. The van der Waals surface area contributed by atoms with Gasteiger partial charge in [-0.15, -0.1) is 11.6 Å². The van der Waals surface area contributed by atoms with Crippen molar-refractivity contribution >= 4 is 23.2 Å². The summed E-state index contributed by atoms with van der Waals surface area (Å²) in [6.07, 6.45) is 0. The van der Waals surface area contributed by atoms with Crippen LogP contribution < -0.4 is 0 Å². The quantitative estimate of drug-likeness (QED) is 0.599. The Morgan fingerprint density at radius 3 is 2.05 bits per heavy atom. The molecule has 0 aliphatic heterocycles. The summed E-state index contributed by atoms with van der Waals surface area (Å²) in [5.41, 5.74) is 3.60. The molecule has 0 spiro atoms. The first-order chi connectivity index (χ1) is 8.89. The molecule has 0 bridgehead atoms. The smallest absolute Gasteiger partial charge is 0.0838 e. The third-order valence-corrected chi connectivity index (χ3v) is 3.94. The molecule has 0 amide bonds. The van der Waals surface area contributed by atoms with E-state index in [2.05, 4.69) is 39.0 Å². The van der Waals surface area contributed by atoms with Gasteiger partial charge < -0.3 is 0 Å². The second-order valence-electron chi connectivity index (χ2n) is 5.75. The van der Waals surface area contributed by atoms with Crippen molar-refractivity contribution in [1.29, 1.82) is 0 Å². The van der Waals surface area contributed by atoms with Crippen LogP contribution in [0, 0.1) is 0 Å². The molecule has 0 aliphatic carbocycles. The van der Waals surface area contributed by atoms with Crippen molar-refractivity contribution in [2.75, 3.05) is 0 Å². The van der Waals surface area contributed by atoms with Gasteiger partial charge in [0.05, 0.1) is 5.38 Å². The molecule has 2 aromatic rings. The van der Waals surface area contributed by atoms with E-state index in [9.17, 15) is 0 Å². The Morgan fingerprint density at radius 1 is 0.895 bits per heavy atom. The minimum absolute atomic E-state index is 0.0795. The topological polar surface area (TPSA) is 0 Å². The van der Waals surface area contributed by atoms with Gasteiger partial charge in [0, 0.05) is 5.02 Å². The molecule has 100 valence electrons. The molecular formula is C17H18Cl2. The van der Waals surface area contributed by atoms with Crippen LogP contribution in [0.4, 0.5) is 0 Å². The van der Waals surface area contributed by atoms with Crippen LogP contribution in [0.2, 0.25) is 5.02 Å². The van der Waals surface area contributed by atoms with Crippen LogP contribution in [-0.4, -0.2) is 0 Å². The van der Waals surface area contributed by atoms with Crippen molar-refractivity contribution in [3.8, 4) is 0 Å². The van der Waals surface area contributed by atoms with E-state index in [4.69, 9.17) is 23.2 Å². The van der Waals surface area contributed by atoms with Gasteiger partial charge in [-0.2, -0.15) is 0 Å². The van der Waals surface area contributed by atoms with Gasteiger partial charge in [0.25, 0.3) is 0 Å². The Balaban J connectivity index is 2.44. The first-order valence-electron chi connectivity index (χ1n) is 6.38. The fourth-order valence-electron chi connectivity index (χ4n) is 2.21. The van der Waals surface area contributed by atoms with E-state index in [0.29, 0.717) is 0 Å². The molecule has 0 saturated heterocycles. The highest BCUT2D eigenvalue weighted by Gasteiger charge is 2.22. The summed E-state index contributed by atoms with van der Waals surface area (Å²) in [6.45, 7) is 6.62. The van der Waals surface area contributed by atoms with Crippen LogP contribution in [0.1, 0.15) is 42.8 Å². The van der Waals surface area contributed by atoms with Crippen LogP contribution in [-0.2, 0) is 5.41 Å². The van der Waals surface area contributed by atoms with Gasteiger partial charge in [-0.1, -0.05) is 68.8 Å². The highest BCUT2D eigenvalue weighted by Crippen LogP contribution is 2.36. The van der Waals surface area contributed by atoms with E-state index in [0.717, 1.165) is 10.6 Å². The summed E-state index contributed by atoms with van der Waals surface area (Å²) in [5, 5.41) is 0.587. The van der Waals surface area contributed by atoms with Gasteiger partial charge in [-0.05, 0) is 34.2 Å². The predicted molar refractivity (Wildman–Crippen MR) is 84.3 cm³/mol. The van der Waals surface area contributed by atoms with Gasteiger partial charge in [0.15, 0.2) is 0 Å². The zero-order valence-electron chi connectivity index (χ0n) is 11.5. The summed E-state index contributed by atoms with van der Waals surface area (Å²) >= 11 is 12.6. The van der Waals surface area contributed by atoms with Crippen molar-refractivity contribution in [3.05, 3.63) is 70.2 Å². The van der Waals surface area contributed by atoms with Crippen molar-refractivity contribution in [2.45, 2.75) is 31.6 Å². The third-order valence-electron chi connectivity index (χ3n) is 3.20. The molecule has 0 radical (unpaired) electrons. The van der Waals surface area contributed by atoms with E-state index in [1.54, 1.807) is 0 Å². The summed E-state index contributed by atoms with van der Waals surface area (Å²) in [6, 6.07) is 16.1. The van der Waals surface area contributed by atoms with Crippen molar-refractivity contribution in [1.82, 2.24) is 0 Å². The molecule has 0 aliphatic rings. The Bertz CT molecular complexity index is 550. The zero-order valence-corrected chi connectivity index (χ0v) is 13.0. The average molecular weight is 293 g/mol. The summed E-state index contributed by atoms with van der Waals surface area (Å²) in [5.74, 6) is 0. The lowest BCUT2D eigenvalue weighted by molar-refractivity contribution is 0.583. The average Bonchev–Trinajstić information content (AvgIpc) is 2.38. The van der Waals surface area contributed by atoms with Crippen LogP contribution in [0.15, 0.2) is 48.5 Å². The Kier molecular flexibility index (Phi) is 4.23. The molecule has 2 heteroatoms. The lowest BCUT2D eigenvalue weighted by atomic mass is 9.82. The lowest BCUT2D eigenvalue weighted by Gasteiger charge is -2.25. The molecule has 0 saturated carbocycles. The van der Waals surface area contributed by atoms with E-state index in [-0.39, 0.29) is 10.8 Å². The van der Waals surface area contributed by atoms with Gasteiger partial charge in [0.2, 0.25) is 0 Å².